The summed E-state index contributed by atoms with van der Waals surface area (Å²) in [5.41, 5.74) is 3.80. The largest absolute Gasteiger partial charge is 0.480 e. The topological polar surface area (TPSA) is 130 Å². The van der Waals surface area contributed by atoms with Gasteiger partial charge in [0.2, 0.25) is 5.91 Å². The van der Waals surface area contributed by atoms with Gasteiger partial charge in [0.1, 0.15) is 12.1 Å². The Bertz CT molecular complexity index is 1240. The first kappa shape index (κ1) is 23.4. The van der Waals surface area contributed by atoms with Gasteiger partial charge in [-0.25, -0.2) is 4.98 Å². The molecule has 0 spiro atoms. The number of benzene rings is 1. The molecule has 2 aliphatic rings. The van der Waals surface area contributed by atoms with Crippen molar-refractivity contribution in [3.05, 3.63) is 35.4 Å². The summed E-state index contributed by atoms with van der Waals surface area (Å²) in [5.74, 6) is -1.61. The number of carbonyl (C=O) groups is 2. The summed E-state index contributed by atoms with van der Waals surface area (Å²) >= 11 is 6.53. The van der Waals surface area contributed by atoms with Crippen molar-refractivity contribution in [2.24, 2.45) is 5.92 Å². The summed E-state index contributed by atoms with van der Waals surface area (Å²) in [6.45, 7) is 4.64. The summed E-state index contributed by atoms with van der Waals surface area (Å²) < 4.78 is 11.3. The molecule has 1 aromatic carbocycles. The van der Waals surface area contributed by atoms with Gasteiger partial charge in [-0.2, -0.15) is 4.98 Å². The zero-order chi connectivity index (χ0) is 24.5. The number of hydrogen-bond donors (Lipinski definition) is 3. The molecular weight excluding hydrogens is 474 g/mol. The number of imidazole rings is 1. The smallest absolute Gasteiger partial charge is 0.325 e. The second-order valence-electron chi connectivity index (χ2n) is 8.85. The molecule has 0 radical (unpaired) electrons. The molecule has 1 saturated heterocycles. The van der Waals surface area contributed by atoms with E-state index in [2.05, 4.69) is 37.3 Å². The van der Waals surface area contributed by atoms with Crippen molar-refractivity contribution in [2.45, 2.75) is 31.9 Å². The van der Waals surface area contributed by atoms with Crippen LogP contribution in [-0.4, -0.2) is 70.4 Å². The lowest BCUT2D eigenvalue weighted by Crippen LogP contribution is -2.48. The van der Waals surface area contributed by atoms with E-state index in [0.29, 0.717) is 40.7 Å². The number of carboxylic acids is 1. The van der Waals surface area contributed by atoms with Gasteiger partial charge in [0.15, 0.2) is 5.65 Å². The fraction of sp³-hybridized carbons (Fsp3) is 0.417. The highest BCUT2D eigenvalue weighted by Crippen LogP contribution is 2.33. The molecule has 5 rings (SSSR count). The van der Waals surface area contributed by atoms with Crippen molar-refractivity contribution in [2.75, 3.05) is 31.2 Å². The molecule has 0 bridgehead atoms. The van der Waals surface area contributed by atoms with Crippen molar-refractivity contribution in [3.8, 4) is 17.3 Å². The maximum atomic E-state index is 12.1. The molecule has 2 aromatic heterocycles. The van der Waals surface area contributed by atoms with Crippen LogP contribution in [0.2, 0.25) is 5.02 Å². The number of morpholine rings is 1. The maximum Gasteiger partial charge on any atom is 0.325 e. The van der Waals surface area contributed by atoms with E-state index >= 15 is 0 Å². The first-order chi connectivity index (χ1) is 16.9. The number of halogens is 1. The first-order valence-corrected chi connectivity index (χ1v) is 11.9. The molecule has 184 valence electrons. The number of rotatable bonds is 7. The Labute approximate surface area is 206 Å². The van der Waals surface area contributed by atoms with Crippen LogP contribution >= 0.6 is 11.6 Å². The Kier molecular flexibility index (Phi) is 6.48. The zero-order valence-corrected chi connectivity index (χ0v) is 19.9. The molecule has 1 unspecified atom stereocenters. The lowest BCUT2D eigenvalue weighted by Gasteiger charge is -2.33. The van der Waals surface area contributed by atoms with Crippen molar-refractivity contribution >= 4 is 40.3 Å². The lowest BCUT2D eigenvalue weighted by atomic mass is 9.81. The number of anilines is 1. The fourth-order valence-electron chi connectivity index (χ4n) is 4.23. The number of hydrogen-bond acceptors (Lipinski definition) is 7. The Balaban J connectivity index is 1.24. The molecule has 1 saturated carbocycles. The second-order valence-corrected chi connectivity index (χ2v) is 9.26. The van der Waals surface area contributed by atoms with Crippen molar-refractivity contribution in [1.82, 2.24) is 20.3 Å². The molecule has 1 aliphatic carbocycles. The van der Waals surface area contributed by atoms with E-state index in [0.717, 1.165) is 37.6 Å². The minimum atomic E-state index is -1.06. The van der Waals surface area contributed by atoms with Crippen LogP contribution in [0.5, 0.6) is 6.01 Å². The zero-order valence-electron chi connectivity index (χ0n) is 19.2. The number of fused-ring (bicyclic) bond motifs is 1. The van der Waals surface area contributed by atoms with E-state index < -0.39 is 12.0 Å². The number of aliphatic carboxylic acids is 1. The lowest BCUT2D eigenvalue weighted by molar-refractivity contribution is -0.143. The van der Waals surface area contributed by atoms with Crippen molar-refractivity contribution in [3.63, 3.8) is 0 Å². The van der Waals surface area contributed by atoms with E-state index in [1.165, 1.54) is 6.92 Å². The number of aromatic amines is 1. The van der Waals surface area contributed by atoms with Gasteiger partial charge in [0.05, 0.1) is 29.4 Å². The second kappa shape index (κ2) is 9.71. The molecule has 3 aromatic rings. The van der Waals surface area contributed by atoms with Gasteiger partial charge in [0.25, 0.3) is 6.01 Å². The number of pyridine rings is 1. The Morgan fingerprint density at radius 2 is 1.94 bits per heavy atom. The van der Waals surface area contributed by atoms with Crippen molar-refractivity contribution < 1.29 is 24.2 Å². The fourth-order valence-corrected chi connectivity index (χ4v) is 4.49. The van der Waals surface area contributed by atoms with Crippen LogP contribution in [0.1, 0.15) is 19.8 Å². The quantitative estimate of drug-likeness (QED) is 0.452. The average Bonchev–Trinajstić information content (AvgIpc) is 3.22. The maximum absolute atomic E-state index is 12.1. The van der Waals surface area contributed by atoms with Crippen LogP contribution < -0.4 is 15.0 Å². The van der Waals surface area contributed by atoms with Crippen LogP contribution in [-0.2, 0) is 14.3 Å². The van der Waals surface area contributed by atoms with Gasteiger partial charge < -0.3 is 29.8 Å². The van der Waals surface area contributed by atoms with Gasteiger partial charge in [-0.3, -0.25) is 9.59 Å². The van der Waals surface area contributed by atoms with E-state index in [1.54, 1.807) is 6.07 Å². The van der Waals surface area contributed by atoms with E-state index in [1.807, 2.05) is 12.1 Å². The minimum absolute atomic E-state index is 0.186. The average molecular weight is 500 g/mol. The first-order valence-electron chi connectivity index (χ1n) is 11.6. The van der Waals surface area contributed by atoms with Crippen molar-refractivity contribution in [1.29, 1.82) is 0 Å². The number of amides is 1. The predicted molar refractivity (Wildman–Crippen MR) is 130 cm³/mol. The standard InChI is InChI=1S/C24H26ClN5O5/c1-13(23(32)33)26-22(31)15-10-17(11-15)35-24-27-19-12-18(25)20(28-21(19)29-24)14-2-4-16(5-3-14)30-6-8-34-9-7-30/h2-5,12-13,15,17H,6-11H2,1H3,(H,26,31)(H,32,33)(H,27,28,29). The number of H-pyrrole nitrogens is 1. The van der Waals surface area contributed by atoms with E-state index in [9.17, 15) is 9.59 Å². The summed E-state index contributed by atoms with van der Waals surface area (Å²) in [5, 5.41) is 11.9. The molecule has 3 heterocycles. The van der Waals surface area contributed by atoms with Gasteiger partial charge in [-0.15, -0.1) is 0 Å². The number of nitrogens with one attached hydrogen (secondary N) is 2. The Morgan fingerprint density at radius 3 is 2.63 bits per heavy atom. The molecule has 1 aliphatic heterocycles. The SMILES string of the molecule is CC(NC(=O)C1CC(Oc2nc3nc(-c4ccc(N5CCOCC5)cc4)c(Cl)cc3[nH]2)C1)C(=O)O. The third-order valence-electron chi connectivity index (χ3n) is 6.40. The highest BCUT2D eigenvalue weighted by Gasteiger charge is 2.37. The molecule has 1 atom stereocenters. The predicted octanol–water partition coefficient (Wildman–Crippen LogP) is 2.86. The Morgan fingerprint density at radius 1 is 1.23 bits per heavy atom. The highest BCUT2D eigenvalue weighted by molar-refractivity contribution is 6.33. The van der Waals surface area contributed by atoms with Crippen LogP contribution in [0.15, 0.2) is 30.3 Å². The van der Waals surface area contributed by atoms with Gasteiger partial charge >= 0.3 is 5.97 Å². The molecule has 10 nitrogen and oxygen atoms in total. The third-order valence-corrected chi connectivity index (χ3v) is 6.68. The molecule has 11 heteroatoms. The Hall–Kier alpha value is -3.37. The summed E-state index contributed by atoms with van der Waals surface area (Å²) in [4.78, 5) is 37.5. The summed E-state index contributed by atoms with van der Waals surface area (Å²) in [7, 11) is 0. The van der Waals surface area contributed by atoms with E-state index in [4.69, 9.17) is 26.2 Å². The van der Waals surface area contributed by atoms with Gasteiger partial charge in [0, 0.05) is 30.3 Å². The highest BCUT2D eigenvalue weighted by atomic mass is 35.5. The summed E-state index contributed by atoms with van der Waals surface area (Å²) in [6, 6.07) is 9.29. The van der Waals surface area contributed by atoms with E-state index in [-0.39, 0.29) is 17.9 Å². The summed E-state index contributed by atoms with van der Waals surface area (Å²) in [6.07, 6.45) is 0.794. The monoisotopic (exact) mass is 499 g/mol. The molecule has 35 heavy (non-hydrogen) atoms. The number of carbonyl (C=O) groups excluding carboxylic acids is 1. The molecule has 3 N–H and O–H groups in total. The van der Waals surface area contributed by atoms with Gasteiger partial charge in [-0.1, -0.05) is 23.7 Å². The number of carboxylic acid groups (broad SMARTS) is 1. The van der Waals surface area contributed by atoms with Crippen LogP contribution in [0.25, 0.3) is 22.4 Å². The minimum Gasteiger partial charge on any atom is -0.480 e. The molecule has 2 fully saturated rings. The number of ether oxygens (including phenoxy) is 2. The molecule has 1 amide bonds. The van der Waals surface area contributed by atoms with Gasteiger partial charge in [-0.05, 0) is 38.0 Å². The normalized spacial score (nSPS) is 20.8. The number of aromatic nitrogens is 3. The molecular formula is C24H26ClN5O5. The van der Waals surface area contributed by atoms with Crippen LogP contribution in [0, 0.1) is 5.92 Å². The third kappa shape index (κ3) is 5.03. The number of nitrogens with zero attached hydrogens (tertiary/aromatic N) is 3. The van der Waals surface area contributed by atoms with Crippen LogP contribution in [0.4, 0.5) is 5.69 Å². The van der Waals surface area contributed by atoms with Crippen LogP contribution in [0.3, 0.4) is 0 Å².